The summed E-state index contributed by atoms with van der Waals surface area (Å²) in [4.78, 5) is 12.0. The Bertz CT molecular complexity index is 400. The molecule has 2 N–H and O–H groups in total. The second kappa shape index (κ2) is 13.9. The number of carbonyl (C=O) groups is 1. The fourth-order valence-corrected chi connectivity index (χ4v) is 3.15. The SMILES string of the molecule is CCCCNC(=O)/C(C#N)=C\NC1CCCCCCCCCCC1. The predicted molar refractivity (Wildman–Crippen MR) is 99.3 cm³/mol. The zero-order valence-electron chi connectivity index (χ0n) is 15.4. The van der Waals surface area contributed by atoms with E-state index in [9.17, 15) is 10.1 Å². The molecule has 1 aliphatic rings. The smallest absolute Gasteiger partial charge is 0.263 e. The van der Waals surface area contributed by atoms with E-state index < -0.39 is 0 Å². The van der Waals surface area contributed by atoms with Crippen molar-refractivity contribution in [1.29, 1.82) is 5.26 Å². The molecule has 0 atom stereocenters. The molecule has 0 saturated heterocycles. The molecule has 0 radical (unpaired) electrons. The van der Waals surface area contributed by atoms with E-state index in [2.05, 4.69) is 17.6 Å². The molecule has 0 aromatic carbocycles. The van der Waals surface area contributed by atoms with E-state index >= 15 is 0 Å². The molecule has 1 amide bonds. The van der Waals surface area contributed by atoms with E-state index in [0.29, 0.717) is 12.6 Å². The van der Waals surface area contributed by atoms with Crippen LogP contribution in [0.3, 0.4) is 0 Å². The van der Waals surface area contributed by atoms with Crippen LogP contribution in [0.2, 0.25) is 0 Å². The minimum absolute atomic E-state index is 0.192. The van der Waals surface area contributed by atoms with Crippen molar-refractivity contribution >= 4 is 5.91 Å². The maximum atomic E-state index is 12.0. The lowest BCUT2D eigenvalue weighted by Gasteiger charge is -2.18. The summed E-state index contributed by atoms with van der Waals surface area (Å²) in [6, 6.07) is 2.41. The monoisotopic (exact) mass is 333 g/mol. The highest BCUT2D eigenvalue weighted by Gasteiger charge is 2.11. The molecule has 0 spiro atoms. The van der Waals surface area contributed by atoms with Gasteiger partial charge in [0.2, 0.25) is 0 Å². The number of nitrogens with one attached hydrogen (secondary N) is 2. The lowest BCUT2D eigenvalue weighted by atomic mass is 9.98. The number of unbranched alkanes of at least 4 members (excludes halogenated alkanes) is 1. The third-order valence-electron chi connectivity index (χ3n) is 4.75. The van der Waals surface area contributed by atoms with E-state index in [1.54, 1.807) is 6.20 Å². The fraction of sp³-hybridized carbons (Fsp3) is 0.800. The molecule has 4 heteroatoms. The van der Waals surface area contributed by atoms with Gasteiger partial charge >= 0.3 is 0 Å². The highest BCUT2D eigenvalue weighted by Crippen LogP contribution is 2.17. The number of carbonyl (C=O) groups excluding carboxylic acids is 1. The number of rotatable bonds is 6. The Hall–Kier alpha value is -1.50. The summed E-state index contributed by atoms with van der Waals surface area (Å²) in [6.45, 7) is 2.72. The normalized spacial score (nSPS) is 18.8. The van der Waals surface area contributed by atoms with Crippen molar-refractivity contribution in [3.63, 3.8) is 0 Å². The summed E-state index contributed by atoms with van der Waals surface area (Å²) >= 11 is 0. The van der Waals surface area contributed by atoms with Gasteiger partial charge in [-0.3, -0.25) is 4.79 Å². The van der Waals surface area contributed by atoms with Crippen LogP contribution in [-0.2, 0) is 4.79 Å². The first-order valence-corrected chi connectivity index (χ1v) is 9.92. The number of hydrogen-bond acceptors (Lipinski definition) is 3. The van der Waals surface area contributed by atoms with Crippen molar-refractivity contribution in [2.75, 3.05) is 6.54 Å². The van der Waals surface area contributed by atoms with E-state index in [1.165, 1.54) is 57.8 Å². The Labute approximate surface area is 148 Å². The predicted octanol–water partition coefficient (Wildman–Crippen LogP) is 4.57. The molecule has 1 saturated carbocycles. The third-order valence-corrected chi connectivity index (χ3v) is 4.75. The average molecular weight is 334 g/mol. The topological polar surface area (TPSA) is 64.9 Å². The molecule has 4 nitrogen and oxygen atoms in total. The number of nitrogens with zero attached hydrogens (tertiary/aromatic N) is 1. The van der Waals surface area contributed by atoms with Crippen molar-refractivity contribution in [1.82, 2.24) is 10.6 Å². The molecular formula is C20H35N3O. The molecule has 1 fully saturated rings. The largest absolute Gasteiger partial charge is 0.387 e. The van der Waals surface area contributed by atoms with Gasteiger partial charge in [-0.1, -0.05) is 71.1 Å². The van der Waals surface area contributed by atoms with Gasteiger partial charge in [-0.05, 0) is 19.3 Å². The van der Waals surface area contributed by atoms with Crippen LogP contribution < -0.4 is 10.6 Å². The van der Waals surface area contributed by atoms with Crippen molar-refractivity contribution in [2.24, 2.45) is 0 Å². The molecule has 0 bridgehead atoms. The zero-order chi connectivity index (χ0) is 17.5. The fourth-order valence-electron chi connectivity index (χ4n) is 3.15. The van der Waals surface area contributed by atoms with Crippen LogP contribution in [0, 0.1) is 11.3 Å². The van der Waals surface area contributed by atoms with E-state index in [-0.39, 0.29) is 11.5 Å². The molecule has 1 aliphatic carbocycles. The standard InChI is InChI=1S/C20H35N3O/c1-2-3-15-22-20(24)18(16-21)17-23-19-13-11-9-7-5-4-6-8-10-12-14-19/h17,19,23H,2-15H2,1H3,(H,22,24)/b18-17-. The zero-order valence-corrected chi connectivity index (χ0v) is 15.4. The van der Waals surface area contributed by atoms with Crippen LogP contribution in [0.1, 0.15) is 90.4 Å². The van der Waals surface area contributed by atoms with Crippen molar-refractivity contribution in [3.05, 3.63) is 11.8 Å². The average Bonchev–Trinajstić information content (AvgIpc) is 2.57. The van der Waals surface area contributed by atoms with Gasteiger partial charge in [-0.15, -0.1) is 0 Å². The van der Waals surface area contributed by atoms with Crippen LogP contribution in [0.25, 0.3) is 0 Å². The molecule has 0 unspecified atom stereocenters. The van der Waals surface area contributed by atoms with Crippen molar-refractivity contribution in [2.45, 2.75) is 96.4 Å². The molecule has 0 aliphatic heterocycles. The van der Waals surface area contributed by atoms with E-state index in [0.717, 1.165) is 25.7 Å². The minimum atomic E-state index is -0.258. The molecule has 0 aromatic heterocycles. The van der Waals surface area contributed by atoms with Gasteiger partial charge < -0.3 is 10.6 Å². The first-order valence-electron chi connectivity index (χ1n) is 9.92. The van der Waals surface area contributed by atoms with Crippen molar-refractivity contribution in [3.8, 4) is 6.07 Å². The van der Waals surface area contributed by atoms with Crippen LogP contribution in [0.4, 0.5) is 0 Å². The summed E-state index contributed by atoms with van der Waals surface area (Å²) in [6.07, 6.45) is 17.7. The van der Waals surface area contributed by atoms with Gasteiger partial charge in [0.05, 0.1) is 0 Å². The highest BCUT2D eigenvalue weighted by atomic mass is 16.1. The van der Waals surface area contributed by atoms with E-state index in [1.807, 2.05) is 6.07 Å². The summed E-state index contributed by atoms with van der Waals surface area (Å²) in [7, 11) is 0. The maximum Gasteiger partial charge on any atom is 0.263 e. The Morgan fingerprint density at radius 1 is 1.04 bits per heavy atom. The first kappa shape index (κ1) is 20.5. The van der Waals surface area contributed by atoms with Crippen LogP contribution in [0.15, 0.2) is 11.8 Å². The molecule has 0 heterocycles. The highest BCUT2D eigenvalue weighted by molar-refractivity contribution is 5.97. The summed E-state index contributed by atoms with van der Waals surface area (Å²) in [5.41, 5.74) is 0.192. The second-order valence-electron chi connectivity index (χ2n) is 6.90. The lowest BCUT2D eigenvalue weighted by Crippen LogP contribution is -2.29. The van der Waals surface area contributed by atoms with Gasteiger partial charge in [-0.2, -0.15) is 5.26 Å². The Morgan fingerprint density at radius 2 is 1.58 bits per heavy atom. The Kier molecular flexibility index (Phi) is 11.9. The molecule has 1 rings (SSSR count). The van der Waals surface area contributed by atoms with Gasteiger partial charge in [0.15, 0.2) is 0 Å². The molecular weight excluding hydrogens is 298 g/mol. The minimum Gasteiger partial charge on any atom is -0.387 e. The van der Waals surface area contributed by atoms with Crippen LogP contribution in [-0.4, -0.2) is 18.5 Å². The molecule has 0 aromatic rings. The number of amides is 1. The third kappa shape index (κ3) is 9.60. The lowest BCUT2D eigenvalue weighted by molar-refractivity contribution is -0.117. The van der Waals surface area contributed by atoms with Crippen molar-refractivity contribution < 1.29 is 4.79 Å². The Balaban J connectivity index is 2.47. The Morgan fingerprint density at radius 3 is 2.08 bits per heavy atom. The maximum absolute atomic E-state index is 12.0. The second-order valence-corrected chi connectivity index (χ2v) is 6.90. The summed E-state index contributed by atoms with van der Waals surface area (Å²) in [5, 5.41) is 15.4. The molecule has 136 valence electrons. The van der Waals surface area contributed by atoms with Crippen LogP contribution in [0.5, 0.6) is 0 Å². The summed E-state index contributed by atoms with van der Waals surface area (Å²) < 4.78 is 0. The van der Waals surface area contributed by atoms with Gasteiger partial charge in [0.25, 0.3) is 5.91 Å². The summed E-state index contributed by atoms with van der Waals surface area (Å²) in [5.74, 6) is -0.258. The first-order chi connectivity index (χ1) is 11.8. The van der Waals surface area contributed by atoms with E-state index in [4.69, 9.17) is 0 Å². The van der Waals surface area contributed by atoms with Gasteiger partial charge in [-0.25, -0.2) is 0 Å². The van der Waals surface area contributed by atoms with Gasteiger partial charge in [0.1, 0.15) is 11.6 Å². The van der Waals surface area contributed by atoms with Crippen LogP contribution >= 0.6 is 0 Å². The number of nitriles is 1. The molecule has 24 heavy (non-hydrogen) atoms. The quantitative estimate of drug-likeness (QED) is 0.425. The van der Waals surface area contributed by atoms with Gasteiger partial charge in [0, 0.05) is 18.8 Å². The number of hydrogen-bond donors (Lipinski definition) is 2.